The Morgan fingerprint density at radius 1 is 1.26 bits per heavy atom. The van der Waals surface area contributed by atoms with Crippen molar-refractivity contribution < 1.29 is 28.2 Å². The number of carboxylic acid groups (broad SMARTS) is 1. The molecule has 1 aliphatic carbocycles. The normalized spacial score (nSPS) is 20.5. The van der Waals surface area contributed by atoms with Crippen LogP contribution in [0.25, 0.3) is 27.5 Å². The van der Waals surface area contributed by atoms with Crippen molar-refractivity contribution in [3.63, 3.8) is 0 Å². The van der Waals surface area contributed by atoms with Crippen LogP contribution in [-0.2, 0) is 19.7 Å². The zero-order valence-electron chi connectivity index (χ0n) is 20.0. The first kappa shape index (κ1) is 23.4. The van der Waals surface area contributed by atoms with Crippen LogP contribution >= 0.6 is 0 Å². The van der Waals surface area contributed by atoms with Gasteiger partial charge in [0.1, 0.15) is 11.3 Å². The molecule has 0 bridgehead atoms. The average Bonchev–Trinajstić information content (AvgIpc) is 3.38. The molecule has 184 valence electrons. The third kappa shape index (κ3) is 3.44. The Labute approximate surface area is 200 Å². The number of rotatable bonds is 7. The van der Waals surface area contributed by atoms with Gasteiger partial charge in [0.25, 0.3) is 0 Å². The number of fused-ring (bicyclic) bond motifs is 2. The minimum absolute atomic E-state index is 0.206. The van der Waals surface area contributed by atoms with Crippen molar-refractivity contribution in [2.24, 2.45) is 0 Å². The van der Waals surface area contributed by atoms with Crippen LogP contribution < -0.4 is 0 Å². The molecule has 9 heteroatoms. The van der Waals surface area contributed by atoms with Crippen LogP contribution in [0.1, 0.15) is 43.9 Å². The van der Waals surface area contributed by atoms with E-state index >= 15 is 4.39 Å². The van der Waals surface area contributed by atoms with Gasteiger partial charge in [-0.05, 0) is 54.7 Å². The summed E-state index contributed by atoms with van der Waals surface area (Å²) in [6, 6.07) is 7.89. The first-order valence-electron chi connectivity index (χ1n) is 11.4. The highest BCUT2D eigenvalue weighted by Crippen LogP contribution is 2.53. The number of benzene rings is 2. The monoisotopic (exact) mass is 483 g/mol. The molecule has 7 nitrogen and oxygen atoms in total. The van der Waals surface area contributed by atoms with E-state index in [2.05, 4.69) is 10.2 Å². The number of aromatic amines is 1. The van der Waals surface area contributed by atoms with Gasteiger partial charge in [-0.2, -0.15) is 5.10 Å². The van der Waals surface area contributed by atoms with Gasteiger partial charge in [-0.1, -0.05) is 13.8 Å². The molecule has 2 N–H and O–H groups in total. The van der Waals surface area contributed by atoms with Gasteiger partial charge < -0.3 is 19.1 Å². The predicted octanol–water partition coefficient (Wildman–Crippen LogP) is 5.06. The standard InChI is InChI=1S/C26H27F2N3O4/c1-25(2,13-34-3)23-19(15-10-26(11-15,35-4)24(32)33)20-18(9-14-12-29-30-22(14)21(20)28)31(23)17-7-5-16(27)6-8-17/h5-9,12,15H,10-11,13H2,1-4H3,(H,29,30)(H,32,33)/t15-,26+. The number of aromatic nitrogens is 3. The fourth-order valence-electron chi connectivity index (χ4n) is 5.55. The molecule has 2 aromatic carbocycles. The first-order chi connectivity index (χ1) is 16.6. The molecule has 35 heavy (non-hydrogen) atoms. The van der Waals surface area contributed by atoms with Gasteiger partial charge in [0, 0.05) is 41.8 Å². The quantitative estimate of drug-likeness (QED) is 0.384. The fraction of sp³-hybridized carbons (Fsp3) is 0.385. The van der Waals surface area contributed by atoms with E-state index in [1.165, 1.54) is 19.2 Å². The van der Waals surface area contributed by atoms with Crippen LogP contribution in [-0.4, -0.2) is 52.3 Å². The summed E-state index contributed by atoms with van der Waals surface area (Å²) in [5.41, 5.74) is 1.15. The van der Waals surface area contributed by atoms with Crippen LogP contribution in [0.2, 0.25) is 0 Å². The smallest absolute Gasteiger partial charge is 0.335 e. The zero-order valence-corrected chi connectivity index (χ0v) is 20.0. The van der Waals surface area contributed by atoms with E-state index in [0.29, 0.717) is 34.1 Å². The second kappa shape index (κ2) is 8.13. The zero-order chi connectivity index (χ0) is 25.1. The van der Waals surface area contributed by atoms with Gasteiger partial charge in [0.2, 0.25) is 0 Å². The van der Waals surface area contributed by atoms with Gasteiger partial charge in [0.15, 0.2) is 11.4 Å². The summed E-state index contributed by atoms with van der Waals surface area (Å²) < 4.78 is 42.8. The van der Waals surface area contributed by atoms with Gasteiger partial charge in [-0.3, -0.25) is 5.10 Å². The van der Waals surface area contributed by atoms with Crippen molar-refractivity contribution in [1.82, 2.24) is 14.8 Å². The van der Waals surface area contributed by atoms with Crippen LogP contribution in [0, 0.1) is 11.6 Å². The lowest BCUT2D eigenvalue weighted by Crippen LogP contribution is -2.51. The summed E-state index contributed by atoms with van der Waals surface area (Å²) in [6.45, 7) is 4.33. The lowest BCUT2D eigenvalue weighted by atomic mass is 9.65. The van der Waals surface area contributed by atoms with Gasteiger partial charge in [-0.15, -0.1) is 0 Å². The van der Waals surface area contributed by atoms with E-state index in [-0.39, 0.29) is 30.1 Å². The molecule has 1 saturated carbocycles. The highest BCUT2D eigenvalue weighted by atomic mass is 19.1. The van der Waals surface area contributed by atoms with E-state index in [0.717, 1.165) is 5.69 Å². The summed E-state index contributed by atoms with van der Waals surface area (Å²) >= 11 is 0. The molecule has 5 rings (SSSR count). The molecule has 0 atom stereocenters. The molecule has 0 saturated heterocycles. The summed E-state index contributed by atoms with van der Waals surface area (Å²) in [6.07, 6.45) is 1.97. The SMILES string of the molecule is COCC(C)(C)c1c([C@H]2C[C@](OC)(C(=O)O)C2)c2c(F)c3[nH]ncc3cc2n1-c1ccc(F)cc1. The molecule has 0 amide bonds. The van der Waals surface area contributed by atoms with Crippen LogP contribution in [0.4, 0.5) is 8.78 Å². The molecule has 0 radical (unpaired) electrons. The summed E-state index contributed by atoms with van der Waals surface area (Å²) in [7, 11) is 2.99. The second-order valence-corrected chi connectivity index (χ2v) is 9.92. The Hall–Kier alpha value is -3.30. The Morgan fingerprint density at radius 2 is 1.94 bits per heavy atom. The van der Waals surface area contributed by atoms with Crippen molar-refractivity contribution in [3.8, 4) is 5.69 Å². The van der Waals surface area contributed by atoms with Crippen LogP contribution in [0.3, 0.4) is 0 Å². The molecule has 1 aliphatic rings. The molecule has 2 aromatic heterocycles. The summed E-state index contributed by atoms with van der Waals surface area (Å²) in [5.74, 6) is -2.13. The van der Waals surface area contributed by atoms with Crippen LogP contribution in [0.5, 0.6) is 0 Å². The predicted molar refractivity (Wildman–Crippen MR) is 127 cm³/mol. The third-order valence-electron chi connectivity index (χ3n) is 7.22. The summed E-state index contributed by atoms with van der Waals surface area (Å²) in [5, 5.41) is 17.5. The minimum atomic E-state index is -1.31. The first-order valence-corrected chi connectivity index (χ1v) is 11.4. The molecular formula is C26H27F2N3O4. The number of H-pyrrole nitrogens is 1. The molecule has 0 unspecified atom stereocenters. The van der Waals surface area contributed by atoms with Crippen LogP contribution in [0.15, 0.2) is 36.5 Å². The maximum atomic E-state index is 16.1. The van der Waals surface area contributed by atoms with Gasteiger partial charge in [0.05, 0.1) is 18.3 Å². The number of nitrogens with one attached hydrogen (secondary N) is 1. The van der Waals surface area contributed by atoms with Crippen molar-refractivity contribution in [2.75, 3.05) is 20.8 Å². The minimum Gasteiger partial charge on any atom is -0.479 e. The highest BCUT2D eigenvalue weighted by Gasteiger charge is 2.53. The second-order valence-electron chi connectivity index (χ2n) is 9.92. The number of ether oxygens (including phenoxy) is 2. The van der Waals surface area contributed by atoms with E-state index in [1.54, 1.807) is 25.4 Å². The van der Waals surface area contributed by atoms with E-state index in [4.69, 9.17) is 9.47 Å². The maximum absolute atomic E-state index is 16.1. The number of halogens is 2. The van der Waals surface area contributed by atoms with Crippen molar-refractivity contribution in [1.29, 1.82) is 0 Å². The van der Waals surface area contributed by atoms with Gasteiger partial charge in [-0.25, -0.2) is 13.6 Å². The Bertz CT molecular complexity index is 1430. The molecule has 1 fully saturated rings. The van der Waals surface area contributed by atoms with Crippen molar-refractivity contribution in [2.45, 2.75) is 43.6 Å². The molecule has 2 heterocycles. The molecule has 4 aromatic rings. The lowest BCUT2D eigenvalue weighted by Gasteiger charge is -2.44. The number of methoxy groups -OCH3 is 2. The number of aliphatic carboxylic acids is 1. The molecule has 0 aliphatic heterocycles. The number of hydrogen-bond donors (Lipinski definition) is 2. The molecular weight excluding hydrogens is 456 g/mol. The Morgan fingerprint density at radius 3 is 2.54 bits per heavy atom. The average molecular weight is 484 g/mol. The number of carboxylic acids is 1. The van der Waals surface area contributed by atoms with Crippen molar-refractivity contribution in [3.05, 3.63) is 59.4 Å². The lowest BCUT2D eigenvalue weighted by molar-refractivity contribution is -0.175. The fourth-order valence-corrected chi connectivity index (χ4v) is 5.55. The number of hydrogen-bond acceptors (Lipinski definition) is 4. The largest absolute Gasteiger partial charge is 0.479 e. The van der Waals surface area contributed by atoms with Gasteiger partial charge >= 0.3 is 5.97 Å². The van der Waals surface area contributed by atoms with E-state index in [9.17, 15) is 14.3 Å². The maximum Gasteiger partial charge on any atom is 0.335 e. The van der Waals surface area contributed by atoms with E-state index < -0.39 is 22.8 Å². The Balaban J connectivity index is 1.88. The third-order valence-corrected chi connectivity index (χ3v) is 7.22. The van der Waals surface area contributed by atoms with Crippen molar-refractivity contribution >= 4 is 27.8 Å². The van der Waals surface area contributed by atoms with E-state index in [1.807, 2.05) is 24.5 Å². The summed E-state index contributed by atoms with van der Waals surface area (Å²) in [4.78, 5) is 12.0. The Kier molecular flexibility index (Phi) is 5.45. The number of nitrogens with zero attached hydrogens (tertiary/aromatic N) is 2. The topological polar surface area (TPSA) is 89.4 Å². The molecule has 0 spiro atoms. The highest BCUT2D eigenvalue weighted by molar-refractivity contribution is 6.00. The number of carbonyl (C=O) groups is 1.